The standard InChI is InChI=1S/C9H19O4P/c1-9(2,3)8(11)12-5-4-7(10)6-13-14/h7,10H,4-6,14H2,1-3H3. The molecule has 0 rings (SSSR count). The fourth-order valence-corrected chi connectivity index (χ4v) is 0.921. The van der Waals surface area contributed by atoms with Crippen LogP contribution < -0.4 is 0 Å². The lowest BCUT2D eigenvalue weighted by molar-refractivity contribution is -0.153. The van der Waals surface area contributed by atoms with Crippen molar-refractivity contribution in [1.29, 1.82) is 0 Å². The summed E-state index contributed by atoms with van der Waals surface area (Å²) in [6.07, 6.45) is -0.184. The molecule has 0 heterocycles. The number of esters is 1. The van der Waals surface area contributed by atoms with Crippen molar-refractivity contribution in [3.05, 3.63) is 0 Å². The third-order valence-corrected chi connectivity index (χ3v) is 1.78. The quantitative estimate of drug-likeness (QED) is 0.559. The second-order valence-electron chi connectivity index (χ2n) is 4.16. The second-order valence-corrected chi connectivity index (χ2v) is 4.50. The Balaban J connectivity index is 3.59. The molecule has 5 heteroatoms. The lowest BCUT2D eigenvalue weighted by Crippen LogP contribution is -2.25. The average molecular weight is 222 g/mol. The van der Waals surface area contributed by atoms with Crippen LogP contribution in [-0.4, -0.2) is 30.4 Å². The zero-order valence-electron chi connectivity index (χ0n) is 8.95. The maximum absolute atomic E-state index is 11.3. The van der Waals surface area contributed by atoms with Crippen LogP contribution in [0.5, 0.6) is 0 Å². The Kier molecular flexibility index (Phi) is 6.25. The fourth-order valence-electron chi connectivity index (χ4n) is 0.699. The van der Waals surface area contributed by atoms with E-state index in [1.807, 2.05) is 0 Å². The second kappa shape index (κ2) is 6.33. The molecule has 4 nitrogen and oxygen atoms in total. The van der Waals surface area contributed by atoms with Gasteiger partial charge in [-0.3, -0.25) is 4.79 Å². The van der Waals surface area contributed by atoms with E-state index in [9.17, 15) is 9.90 Å². The van der Waals surface area contributed by atoms with Crippen molar-refractivity contribution in [3.63, 3.8) is 0 Å². The molecule has 0 aromatic heterocycles. The first-order valence-corrected chi connectivity index (χ1v) is 5.02. The van der Waals surface area contributed by atoms with Gasteiger partial charge < -0.3 is 14.4 Å². The first-order valence-electron chi connectivity index (χ1n) is 4.55. The molecule has 2 unspecified atom stereocenters. The number of aliphatic hydroxyl groups excluding tert-OH is 1. The molecule has 0 aromatic carbocycles. The zero-order chi connectivity index (χ0) is 11.2. The number of carbonyl (C=O) groups excluding carboxylic acids is 1. The van der Waals surface area contributed by atoms with Crippen molar-refractivity contribution in [1.82, 2.24) is 0 Å². The first kappa shape index (κ1) is 13.8. The maximum Gasteiger partial charge on any atom is 0.311 e. The molecule has 0 aliphatic heterocycles. The van der Waals surface area contributed by atoms with Gasteiger partial charge in [0.05, 0.1) is 24.7 Å². The number of hydrogen-bond acceptors (Lipinski definition) is 4. The van der Waals surface area contributed by atoms with Crippen molar-refractivity contribution in [3.8, 4) is 0 Å². The lowest BCUT2D eigenvalue weighted by Gasteiger charge is -2.17. The van der Waals surface area contributed by atoms with Gasteiger partial charge in [-0.05, 0) is 20.8 Å². The van der Waals surface area contributed by atoms with Crippen LogP contribution in [0, 0.1) is 5.41 Å². The Morgan fingerprint density at radius 2 is 2.07 bits per heavy atom. The summed E-state index contributed by atoms with van der Waals surface area (Å²) in [6, 6.07) is 0. The Morgan fingerprint density at radius 1 is 1.50 bits per heavy atom. The van der Waals surface area contributed by atoms with E-state index in [4.69, 9.17) is 4.74 Å². The highest BCUT2D eigenvalue weighted by Gasteiger charge is 2.22. The molecule has 0 fully saturated rings. The van der Waals surface area contributed by atoms with Crippen LogP contribution in [0.3, 0.4) is 0 Å². The summed E-state index contributed by atoms with van der Waals surface area (Å²) in [5.74, 6) is -0.253. The van der Waals surface area contributed by atoms with Gasteiger partial charge in [0.1, 0.15) is 0 Å². The van der Waals surface area contributed by atoms with Gasteiger partial charge in [-0.25, -0.2) is 0 Å². The molecular weight excluding hydrogens is 203 g/mol. The van der Waals surface area contributed by atoms with Crippen LogP contribution in [0.25, 0.3) is 0 Å². The minimum atomic E-state index is -0.583. The van der Waals surface area contributed by atoms with Crippen LogP contribution in [-0.2, 0) is 14.1 Å². The topological polar surface area (TPSA) is 55.8 Å². The van der Waals surface area contributed by atoms with Gasteiger partial charge in [0, 0.05) is 15.9 Å². The van der Waals surface area contributed by atoms with Gasteiger partial charge in [0.2, 0.25) is 0 Å². The van der Waals surface area contributed by atoms with Crippen molar-refractivity contribution >= 4 is 15.4 Å². The molecule has 84 valence electrons. The van der Waals surface area contributed by atoms with Gasteiger partial charge in [-0.1, -0.05) is 0 Å². The summed E-state index contributed by atoms with van der Waals surface area (Å²) < 4.78 is 9.62. The van der Waals surface area contributed by atoms with E-state index in [1.165, 1.54) is 0 Å². The van der Waals surface area contributed by atoms with Crippen LogP contribution in [0.2, 0.25) is 0 Å². The van der Waals surface area contributed by atoms with E-state index < -0.39 is 11.5 Å². The van der Waals surface area contributed by atoms with E-state index in [1.54, 1.807) is 20.8 Å². The number of rotatable bonds is 5. The molecule has 0 spiro atoms. The van der Waals surface area contributed by atoms with Crippen molar-refractivity contribution < 1.29 is 19.2 Å². The SMILES string of the molecule is CC(C)(C)C(=O)OCCC(O)COP. The van der Waals surface area contributed by atoms with Crippen molar-refractivity contribution in [2.24, 2.45) is 5.41 Å². The first-order chi connectivity index (χ1) is 6.38. The van der Waals surface area contributed by atoms with Gasteiger partial charge in [-0.2, -0.15) is 0 Å². The van der Waals surface area contributed by atoms with Crippen LogP contribution >= 0.6 is 9.47 Å². The molecule has 0 aliphatic rings. The third-order valence-electron chi connectivity index (χ3n) is 1.59. The summed E-state index contributed by atoms with van der Waals surface area (Å²) >= 11 is 0. The number of hydrogen-bond donors (Lipinski definition) is 1. The molecule has 0 aromatic rings. The van der Waals surface area contributed by atoms with Crippen LogP contribution in [0.4, 0.5) is 0 Å². The van der Waals surface area contributed by atoms with E-state index in [-0.39, 0.29) is 19.2 Å². The normalized spacial score (nSPS) is 13.8. The van der Waals surface area contributed by atoms with E-state index in [0.29, 0.717) is 6.42 Å². The molecule has 0 amide bonds. The van der Waals surface area contributed by atoms with Gasteiger partial charge in [-0.15, -0.1) is 0 Å². The molecule has 1 N–H and O–H groups in total. The smallest absolute Gasteiger partial charge is 0.311 e. The minimum Gasteiger partial charge on any atom is -0.465 e. The molecule has 0 radical (unpaired) electrons. The van der Waals surface area contributed by atoms with Gasteiger partial charge >= 0.3 is 5.97 Å². The van der Waals surface area contributed by atoms with Crippen molar-refractivity contribution in [2.45, 2.75) is 33.3 Å². The Hall–Kier alpha value is -0.180. The Morgan fingerprint density at radius 3 is 2.50 bits per heavy atom. The van der Waals surface area contributed by atoms with E-state index in [2.05, 4.69) is 14.0 Å². The summed E-state index contributed by atoms with van der Waals surface area (Å²) in [6.45, 7) is 5.83. The average Bonchev–Trinajstić information content (AvgIpc) is 2.02. The molecule has 0 bridgehead atoms. The largest absolute Gasteiger partial charge is 0.465 e. The lowest BCUT2D eigenvalue weighted by atomic mass is 9.97. The van der Waals surface area contributed by atoms with E-state index in [0.717, 1.165) is 0 Å². The molecule has 0 saturated heterocycles. The number of ether oxygens (including phenoxy) is 1. The highest BCUT2D eigenvalue weighted by atomic mass is 31.0. The third kappa shape index (κ3) is 6.30. The fraction of sp³-hybridized carbons (Fsp3) is 0.889. The van der Waals surface area contributed by atoms with Crippen molar-refractivity contribution in [2.75, 3.05) is 13.2 Å². The zero-order valence-corrected chi connectivity index (χ0v) is 10.1. The van der Waals surface area contributed by atoms with E-state index >= 15 is 0 Å². The van der Waals surface area contributed by atoms with Crippen LogP contribution in [0.15, 0.2) is 0 Å². The van der Waals surface area contributed by atoms with Crippen LogP contribution in [0.1, 0.15) is 27.2 Å². The summed E-state index contributed by atoms with van der Waals surface area (Å²) in [5.41, 5.74) is -0.484. The Labute approximate surface area is 87.3 Å². The molecule has 0 aliphatic carbocycles. The highest BCUT2D eigenvalue weighted by Crippen LogP contribution is 2.15. The molecule has 0 saturated carbocycles. The molecular formula is C9H19O4P. The molecule has 2 atom stereocenters. The van der Waals surface area contributed by atoms with Gasteiger partial charge in [0.25, 0.3) is 0 Å². The predicted molar refractivity (Wildman–Crippen MR) is 56.7 cm³/mol. The maximum atomic E-state index is 11.3. The number of aliphatic hydroxyl groups is 1. The Bertz CT molecular complexity index is 176. The minimum absolute atomic E-state index is 0.227. The monoisotopic (exact) mass is 222 g/mol. The summed E-state index contributed by atoms with van der Waals surface area (Å²) in [4.78, 5) is 11.3. The predicted octanol–water partition coefficient (Wildman–Crippen LogP) is 1.13. The summed E-state index contributed by atoms with van der Waals surface area (Å²) in [5, 5.41) is 9.24. The highest BCUT2D eigenvalue weighted by molar-refractivity contribution is 7.09. The number of carbonyl (C=O) groups is 1. The summed E-state index contributed by atoms with van der Waals surface area (Å²) in [7, 11) is 2.06. The molecule has 14 heavy (non-hydrogen) atoms. The van der Waals surface area contributed by atoms with Gasteiger partial charge in [0.15, 0.2) is 0 Å².